The monoisotopic (exact) mass is 205 g/mol. The van der Waals surface area contributed by atoms with Crippen molar-refractivity contribution >= 4 is 0 Å². The number of unbranched alkanes of at least 4 members (excludes halogenated alkanes) is 6. The number of allylic oxidation sites excluding steroid dienone is 5. The summed E-state index contributed by atoms with van der Waals surface area (Å²) in [7, 11) is 0. The Kier molecular flexibility index (Phi) is 12.5. The molecule has 0 atom stereocenters. The molecule has 0 aliphatic heterocycles. The smallest absolute Gasteiger partial charge is 0.0347 e. The van der Waals surface area contributed by atoms with E-state index in [1.807, 2.05) is 0 Å². The van der Waals surface area contributed by atoms with Crippen molar-refractivity contribution < 1.29 is 0 Å². The Morgan fingerprint density at radius 3 is 1.67 bits per heavy atom. The van der Waals surface area contributed by atoms with Gasteiger partial charge in [-0.2, -0.15) is 0 Å². The quantitative estimate of drug-likeness (QED) is 0.338. The van der Waals surface area contributed by atoms with Crippen LogP contribution < -0.4 is 0 Å². The molecular weight excluding hydrogens is 180 g/mol. The van der Waals surface area contributed by atoms with Crippen LogP contribution >= 0.6 is 0 Å². The fourth-order valence-corrected chi connectivity index (χ4v) is 1.45. The van der Waals surface area contributed by atoms with E-state index in [1.165, 1.54) is 44.9 Å². The van der Waals surface area contributed by atoms with E-state index in [0.29, 0.717) is 0 Å². The van der Waals surface area contributed by atoms with Crippen LogP contribution in [-0.2, 0) is 0 Å². The first kappa shape index (κ1) is 14.2. The molecule has 0 aromatic rings. The summed E-state index contributed by atoms with van der Waals surface area (Å²) >= 11 is 0. The van der Waals surface area contributed by atoms with E-state index in [-0.39, 0.29) is 0 Å². The first-order valence-corrected chi connectivity index (χ1v) is 6.21. The average molecular weight is 205 g/mol. The summed E-state index contributed by atoms with van der Waals surface area (Å²) in [5, 5.41) is 0. The van der Waals surface area contributed by atoms with Gasteiger partial charge in [0.2, 0.25) is 0 Å². The molecule has 0 saturated heterocycles. The fourth-order valence-electron chi connectivity index (χ4n) is 1.45. The third-order valence-corrected chi connectivity index (χ3v) is 2.39. The van der Waals surface area contributed by atoms with Gasteiger partial charge in [0.25, 0.3) is 0 Å². The molecule has 0 nitrogen and oxygen atoms in total. The van der Waals surface area contributed by atoms with Crippen molar-refractivity contribution in [1.29, 1.82) is 0 Å². The van der Waals surface area contributed by atoms with E-state index in [2.05, 4.69) is 31.2 Å². The average Bonchev–Trinajstić information content (AvgIpc) is 2.26. The van der Waals surface area contributed by atoms with Gasteiger partial charge in [-0.3, -0.25) is 0 Å². The molecule has 85 valence electrons. The van der Waals surface area contributed by atoms with Crippen molar-refractivity contribution in [2.75, 3.05) is 0 Å². The molecule has 0 amide bonds. The summed E-state index contributed by atoms with van der Waals surface area (Å²) in [6, 6.07) is 0. The van der Waals surface area contributed by atoms with Crippen LogP contribution in [0, 0.1) is 6.58 Å². The third kappa shape index (κ3) is 13.2. The lowest BCUT2D eigenvalue weighted by Gasteiger charge is -1.94. The molecule has 0 saturated carbocycles. The lowest BCUT2D eigenvalue weighted by atomic mass is 10.1. The largest absolute Gasteiger partial charge is 0.0917 e. The Morgan fingerprint density at radius 1 is 0.733 bits per heavy atom. The molecule has 0 rings (SSSR count). The first-order chi connectivity index (χ1) is 7.41. The lowest BCUT2D eigenvalue weighted by Crippen LogP contribution is -1.74. The number of rotatable bonds is 10. The maximum Gasteiger partial charge on any atom is -0.0347 e. The second-order valence-corrected chi connectivity index (χ2v) is 3.85. The molecule has 0 N–H and O–H groups in total. The minimum atomic E-state index is 1.05. The van der Waals surface area contributed by atoms with Crippen molar-refractivity contribution in [3.05, 3.63) is 37.0 Å². The molecular formula is C15H25. The molecule has 0 aliphatic carbocycles. The Morgan fingerprint density at radius 2 is 1.20 bits per heavy atom. The van der Waals surface area contributed by atoms with Gasteiger partial charge in [-0.15, -0.1) is 0 Å². The highest BCUT2D eigenvalue weighted by atomic mass is 13.9. The van der Waals surface area contributed by atoms with Gasteiger partial charge in [-0.05, 0) is 58.3 Å². The summed E-state index contributed by atoms with van der Waals surface area (Å²) in [6.45, 7) is 7.38. The van der Waals surface area contributed by atoms with E-state index in [1.54, 1.807) is 6.08 Å². The van der Waals surface area contributed by atoms with Crippen molar-refractivity contribution in [3.63, 3.8) is 0 Å². The Bertz CT molecular complexity index is 174. The van der Waals surface area contributed by atoms with Gasteiger partial charge >= 0.3 is 0 Å². The summed E-state index contributed by atoms with van der Waals surface area (Å²) in [5.41, 5.74) is 0. The molecule has 0 bridgehead atoms. The van der Waals surface area contributed by atoms with E-state index in [0.717, 1.165) is 6.42 Å². The van der Waals surface area contributed by atoms with Crippen LogP contribution in [0.1, 0.15) is 58.3 Å². The molecule has 0 aromatic heterocycles. The summed E-state index contributed by atoms with van der Waals surface area (Å²) in [4.78, 5) is 0. The first-order valence-electron chi connectivity index (χ1n) is 6.21. The van der Waals surface area contributed by atoms with Crippen molar-refractivity contribution in [3.8, 4) is 0 Å². The van der Waals surface area contributed by atoms with Crippen LogP contribution in [0.5, 0.6) is 0 Å². The Hall–Kier alpha value is -0.780. The Labute approximate surface area is 95.8 Å². The predicted molar refractivity (Wildman–Crippen MR) is 69.8 cm³/mol. The van der Waals surface area contributed by atoms with Gasteiger partial charge in [-0.1, -0.05) is 37.0 Å². The van der Waals surface area contributed by atoms with E-state index >= 15 is 0 Å². The van der Waals surface area contributed by atoms with Crippen molar-refractivity contribution in [2.45, 2.75) is 58.3 Å². The fraction of sp³-hybridized carbons (Fsp3) is 0.600. The number of hydrogen-bond donors (Lipinski definition) is 0. The molecule has 0 unspecified atom stereocenters. The standard InChI is InChI=1S/C15H25/c1-3-5-7-9-11-13-15-14-12-10-8-6-4-2/h1,3-4,6,13,15H,5,7-12,14H2,2H3. The van der Waals surface area contributed by atoms with Crippen LogP contribution in [0.2, 0.25) is 0 Å². The second kappa shape index (κ2) is 13.2. The molecule has 1 radical (unpaired) electrons. The van der Waals surface area contributed by atoms with Gasteiger partial charge in [0.05, 0.1) is 0 Å². The summed E-state index contributed by atoms with van der Waals surface area (Å²) < 4.78 is 0. The van der Waals surface area contributed by atoms with Crippen LogP contribution in [0.25, 0.3) is 0 Å². The molecule has 0 fully saturated rings. The minimum Gasteiger partial charge on any atom is -0.0917 e. The van der Waals surface area contributed by atoms with Crippen molar-refractivity contribution in [1.82, 2.24) is 0 Å². The third-order valence-electron chi connectivity index (χ3n) is 2.39. The van der Waals surface area contributed by atoms with E-state index in [4.69, 9.17) is 6.58 Å². The minimum absolute atomic E-state index is 1.05. The van der Waals surface area contributed by atoms with Gasteiger partial charge in [0.15, 0.2) is 0 Å². The predicted octanol–water partition coefficient (Wildman–Crippen LogP) is 5.23. The SMILES string of the molecule is [CH]=CCCCCC=CCCCCC=CC. The normalized spacial score (nSPS) is 11.5. The zero-order chi connectivity index (χ0) is 11.2. The zero-order valence-electron chi connectivity index (χ0n) is 10.1. The van der Waals surface area contributed by atoms with E-state index in [9.17, 15) is 0 Å². The molecule has 0 spiro atoms. The maximum atomic E-state index is 5.30. The summed E-state index contributed by atoms with van der Waals surface area (Å²) in [5.74, 6) is 0. The van der Waals surface area contributed by atoms with Crippen LogP contribution in [0.3, 0.4) is 0 Å². The highest BCUT2D eigenvalue weighted by molar-refractivity contribution is 4.82. The topological polar surface area (TPSA) is 0 Å². The van der Waals surface area contributed by atoms with Gasteiger partial charge in [0.1, 0.15) is 0 Å². The molecule has 0 heteroatoms. The summed E-state index contributed by atoms with van der Waals surface area (Å²) in [6.07, 6.45) is 20.6. The van der Waals surface area contributed by atoms with Crippen molar-refractivity contribution in [2.24, 2.45) is 0 Å². The molecule has 0 aliphatic rings. The van der Waals surface area contributed by atoms with Gasteiger partial charge in [0, 0.05) is 0 Å². The lowest BCUT2D eigenvalue weighted by molar-refractivity contribution is 0.745. The van der Waals surface area contributed by atoms with Crippen LogP contribution in [0.15, 0.2) is 30.4 Å². The molecule has 0 heterocycles. The van der Waals surface area contributed by atoms with Crippen LogP contribution in [-0.4, -0.2) is 0 Å². The maximum absolute atomic E-state index is 5.30. The highest BCUT2D eigenvalue weighted by Crippen LogP contribution is 2.04. The van der Waals surface area contributed by atoms with E-state index < -0.39 is 0 Å². The van der Waals surface area contributed by atoms with Gasteiger partial charge < -0.3 is 0 Å². The second-order valence-electron chi connectivity index (χ2n) is 3.85. The zero-order valence-corrected chi connectivity index (χ0v) is 10.1. The van der Waals surface area contributed by atoms with Crippen LogP contribution in [0.4, 0.5) is 0 Å². The number of hydrogen-bond acceptors (Lipinski definition) is 0. The molecule has 15 heavy (non-hydrogen) atoms. The highest BCUT2D eigenvalue weighted by Gasteiger charge is 1.84. The Balaban J connectivity index is 3.06. The van der Waals surface area contributed by atoms with Gasteiger partial charge in [-0.25, -0.2) is 0 Å². The molecule has 0 aromatic carbocycles.